The van der Waals surface area contributed by atoms with Crippen molar-refractivity contribution in [3.05, 3.63) is 59.7 Å². The van der Waals surface area contributed by atoms with Crippen molar-refractivity contribution >= 4 is 28.7 Å². The van der Waals surface area contributed by atoms with Crippen LogP contribution in [0.3, 0.4) is 0 Å². The van der Waals surface area contributed by atoms with Crippen molar-refractivity contribution in [1.82, 2.24) is 0 Å². The van der Waals surface area contributed by atoms with E-state index in [1.54, 1.807) is 12.1 Å². The van der Waals surface area contributed by atoms with Crippen molar-refractivity contribution in [3.63, 3.8) is 0 Å². The van der Waals surface area contributed by atoms with E-state index in [-0.39, 0.29) is 17.3 Å². The van der Waals surface area contributed by atoms with Gasteiger partial charge in [0.25, 0.3) is 0 Å². The summed E-state index contributed by atoms with van der Waals surface area (Å²) in [7, 11) is 0. The van der Waals surface area contributed by atoms with Gasteiger partial charge in [-0.3, -0.25) is 14.4 Å². The molecule has 32 heavy (non-hydrogen) atoms. The number of Topliss-reactive ketones (excluding diaryl/α,β-unsaturated/α-hetero) is 3. The molecule has 5 heteroatoms. The van der Waals surface area contributed by atoms with Gasteiger partial charge in [0.1, 0.15) is 0 Å². The van der Waals surface area contributed by atoms with Gasteiger partial charge in [0.2, 0.25) is 0 Å². The maximum absolute atomic E-state index is 13.4. The highest BCUT2D eigenvalue weighted by Crippen LogP contribution is 2.36. The summed E-state index contributed by atoms with van der Waals surface area (Å²) >= 11 is 0. The molecule has 1 aliphatic rings. The van der Waals surface area contributed by atoms with Crippen LogP contribution < -0.4 is 9.80 Å². The molecule has 1 saturated carbocycles. The second-order valence-electron chi connectivity index (χ2n) is 8.19. The van der Waals surface area contributed by atoms with E-state index in [9.17, 15) is 14.4 Å². The average molecular weight is 435 g/mol. The summed E-state index contributed by atoms with van der Waals surface area (Å²) in [5, 5.41) is 0. The lowest BCUT2D eigenvalue weighted by Gasteiger charge is -2.25. The molecule has 2 aromatic rings. The zero-order chi connectivity index (χ0) is 23.3. The van der Waals surface area contributed by atoms with Gasteiger partial charge in [-0.15, -0.1) is 0 Å². The Morgan fingerprint density at radius 3 is 1.38 bits per heavy atom. The Balaban J connectivity index is 1.87. The lowest BCUT2D eigenvalue weighted by molar-refractivity contribution is -0.121. The van der Waals surface area contributed by atoms with Crippen LogP contribution >= 0.6 is 0 Å². The van der Waals surface area contributed by atoms with Crippen molar-refractivity contribution in [2.45, 2.75) is 40.5 Å². The number of hydrogen-bond donors (Lipinski definition) is 0. The minimum absolute atomic E-state index is 0.162. The fourth-order valence-electron chi connectivity index (χ4n) is 4.80. The van der Waals surface area contributed by atoms with E-state index in [1.807, 2.05) is 64.1 Å². The first kappa shape index (κ1) is 23.7. The summed E-state index contributed by atoms with van der Waals surface area (Å²) in [5.74, 6) is -2.05. The minimum Gasteiger partial charge on any atom is -0.372 e. The van der Waals surface area contributed by atoms with Gasteiger partial charge in [0.15, 0.2) is 17.3 Å². The van der Waals surface area contributed by atoms with Gasteiger partial charge >= 0.3 is 0 Å². The molecule has 1 fully saturated rings. The minimum atomic E-state index is -0.749. The van der Waals surface area contributed by atoms with E-state index in [2.05, 4.69) is 9.80 Å². The number of anilines is 2. The molecule has 0 amide bonds. The standard InChI is InChI=1S/C27H34N2O3/c1-5-28(6-2)23-15-11-9-13-19(23)25(30)21-17-18-22(27(21)32)26(31)20-14-10-12-16-24(20)29(7-3)8-4/h9-16,21-22H,5-8,17-18H2,1-4H3. The molecule has 0 saturated heterocycles. The molecule has 0 radical (unpaired) electrons. The molecule has 2 aromatic carbocycles. The third-order valence-electron chi connectivity index (χ3n) is 6.61. The maximum Gasteiger partial charge on any atom is 0.175 e. The third-order valence-corrected chi connectivity index (χ3v) is 6.61. The van der Waals surface area contributed by atoms with Crippen LogP contribution in [0.25, 0.3) is 0 Å². The molecule has 0 aromatic heterocycles. The lowest BCUT2D eigenvalue weighted by Crippen LogP contribution is -2.30. The summed E-state index contributed by atoms with van der Waals surface area (Å²) < 4.78 is 0. The fourth-order valence-corrected chi connectivity index (χ4v) is 4.80. The Kier molecular flexibility index (Phi) is 7.84. The predicted octanol–water partition coefficient (Wildman–Crippen LogP) is 5.04. The maximum atomic E-state index is 13.4. The zero-order valence-electron chi connectivity index (χ0n) is 19.6. The Bertz CT molecular complexity index is 899. The molecule has 0 spiro atoms. The summed E-state index contributed by atoms with van der Waals surface area (Å²) in [6.45, 7) is 11.3. The highest BCUT2D eigenvalue weighted by Gasteiger charge is 2.43. The summed E-state index contributed by atoms with van der Waals surface area (Å²) in [6, 6.07) is 15.0. The zero-order valence-corrected chi connectivity index (χ0v) is 19.6. The average Bonchev–Trinajstić information content (AvgIpc) is 3.21. The van der Waals surface area contributed by atoms with Gasteiger partial charge in [-0.1, -0.05) is 24.3 Å². The molecule has 3 rings (SSSR count). The SMILES string of the molecule is CCN(CC)c1ccccc1C(=O)C1CCC(C(=O)c2ccccc2N(CC)CC)C1=O. The van der Waals surface area contributed by atoms with E-state index in [1.165, 1.54) is 0 Å². The Labute approximate surface area is 191 Å². The number of benzene rings is 2. The highest BCUT2D eigenvalue weighted by molar-refractivity contribution is 6.22. The van der Waals surface area contributed by atoms with Crippen molar-refractivity contribution in [3.8, 4) is 0 Å². The van der Waals surface area contributed by atoms with Crippen LogP contribution in [0.15, 0.2) is 48.5 Å². The van der Waals surface area contributed by atoms with E-state index in [0.717, 1.165) is 37.6 Å². The number of nitrogens with zero attached hydrogens (tertiary/aromatic N) is 2. The summed E-state index contributed by atoms with van der Waals surface area (Å²) in [6.07, 6.45) is 0.849. The van der Waals surface area contributed by atoms with Gasteiger partial charge in [0, 0.05) is 48.7 Å². The number of rotatable bonds is 10. The van der Waals surface area contributed by atoms with E-state index in [0.29, 0.717) is 24.0 Å². The van der Waals surface area contributed by atoms with Crippen LogP contribution in [0.2, 0.25) is 0 Å². The van der Waals surface area contributed by atoms with Gasteiger partial charge in [-0.2, -0.15) is 0 Å². The van der Waals surface area contributed by atoms with Gasteiger partial charge in [-0.25, -0.2) is 0 Å². The highest BCUT2D eigenvalue weighted by atomic mass is 16.2. The first-order valence-corrected chi connectivity index (χ1v) is 11.8. The molecule has 0 heterocycles. The Hall–Kier alpha value is -2.95. The number of para-hydroxylation sites is 2. The van der Waals surface area contributed by atoms with Crippen molar-refractivity contribution in [2.24, 2.45) is 11.8 Å². The topological polar surface area (TPSA) is 57.7 Å². The molecular formula is C27H34N2O3. The van der Waals surface area contributed by atoms with E-state index < -0.39 is 11.8 Å². The largest absolute Gasteiger partial charge is 0.372 e. The van der Waals surface area contributed by atoms with Crippen LogP contribution in [-0.4, -0.2) is 43.5 Å². The normalized spacial score (nSPS) is 17.9. The van der Waals surface area contributed by atoms with Crippen LogP contribution in [0.4, 0.5) is 11.4 Å². The molecule has 5 nitrogen and oxygen atoms in total. The number of carbonyl (C=O) groups excluding carboxylic acids is 3. The fraction of sp³-hybridized carbons (Fsp3) is 0.444. The van der Waals surface area contributed by atoms with Crippen molar-refractivity contribution < 1.29 is 14.4 Å². The van der Waals surface area contributed by atoms with Crippen LogP contribution in [0, 0.1) is 11.8 Å². The predicted molar refractivity (Wildman–Crippen MR) is 130 cm³/mol. The van der Waals surface area contributed by atoms with Gasteiger partial charge in [-0.05, 0) is 64.8 Å². The van der Waals surface area contributed by atoms with E-state index in [4.69, 9.17) is 0 Å². The molecule has 2 unspecified atom stereocenters. The molecule has 1 aliphatic carbocycles. The van der Waals surface area contributed by atoms with Gasteiger partial charge < -0.3 is 9.80 Å². The number of hydrogen-bond acceptors (Lipinski definition) is 5. The van der Waals surface area contributed by atoms with Crippen LogP contribution in [0.5, 0.6) is 0 Å². The van der Waals surface area contributed by atoms with Gasteiger partial charge in [0.05, 0.1) is 11.8 Å². The Morgan fingerprint density at radius 2 is 1.03 bits per heavy atom. The Morgan fingerprint density at radius 1 is 0.688 bits per heavy atom. The molecule has 0 aliphatic heterocycles. The van der Waals surface area contributed by atoms with Crippen molar-refractivity contribution in [1.29, 1.82) is 0 Å². The second kappa shape index (κ2) is 10.6. The number of ketones is 3. The van der Waals surface area contributed by atoms with E-state index >= 15 is 0 Å². The first-order chi connectivity index (χ1) is 15.5. The molecule has 0 bridgehead atoms. The monoisotopic (exact) mass is 434 g/mol. The molecule has 2 atom stereocenters. The van der Waals surface area contributed by atoms with Crippen LogP contribution in [-0.2, 0) is 4.79 Å². The van der Waals surface area contributed by atoms with Crippen molar-refractivity contribution in [2.75, 3.05) is 36.0 Å². The first-order valence-electron chi connectivity index (χ1n) is 11.8. The molecular weight excluding hydrogens is 400 g/mol. The third kappa shape index (κ3) is 4.47. The number of carbonyl (C=O) groups is 3. The summed E-state index contributed by atoms with van der Waals surface area (Å²) in [4.78, 5) is 44.4. The molecule has 0 N–H and O–H groups in total. The van der Waals surface area contributed by atoms with Crippen LogP contribution in [0.1, 0.15) is 61.3 Å². The molecule has 170 valence electrons. The smallest absolute Gasteiger partial charge is 0.175 e. The quantitative estimate of drug-likeness (QED) is 0.387. The second-order valence-corrected chi connectivity index (χ2v) is 8.19. The lowest BCUT2D eigenvalue weighted by atomic mass is 9.89. The summed E-state index contributed by atoms with van der Waals surface area (Å²) in [5.41, 5.74) is 2.87.